The van der Waals surface area contributed by atoms with Crippen molar-refractivity contribution in [1.29, 1.82) is 0 Å². The van der Waals surface area contributed by atoms with E-state index in [9.17, 15) is 5.11 Å². The highest BCUT2D eigenvalue weighted by Gasteiger charge is 2.34. The van der Waals surface area contributed by atoms with Crippen molar-refractivity contribution in [2.75, 3.05) is 46.1 Å². The largest absolute Gasteiger partial charge is 0.454 e. The van der Waals surface area contributed by atoms with Crippen LogP contribution >= 0.6 is 24.0 Å². The van der Waals surface area contributed by atoms with Crippen LogP contribution < -0.4 is 14.8 Å². The molecule has 1 aromatic carbocycles. The van der Waals surface area contributed by atoms with Gasteiger partial charge in [0.05, 0.1) is 12.1 Å². The molecule has 0 aromatic heterocycles. The predicted octanol–water partition coefficient (Wildman–Crippen LogP) is 2.03. The molecule has 0 spiro atoms. The van der Waals surface area contributed by atoms with Gasteiger partial charge in [-0.1, -0.05) is 6.07 Å². The number of nitrogens with one attached hydrogen (secondary N) is 1. The fraction of sp³-hybridized carbons (Fsp3) is 0.650. The average Bonchev–Trinajstić information content (AvgIpc) is 3.12. The van der Waals surface area contributed by atoms with Crippen LogP contribution in [0.1, 0.15) is 31.7 Å². The zero-order valence-corrected chi connectivity index (χ0v) is 18.9. The first-order valence-electron chi connectivity index (χ1n) is 10.0. The molecule has 0 atom stereocenters. The molecule has 2 N–H and O–H groups in total. The second-order valence-electron chi connectivity index (χ2n) is 7.70. The van der Waals surface area contributed by atoms with Crippen molar-refractivity contribution in [3.8, 4) is 11.5 Å². The molecular weight excluding hydrogens is 471 g/mol. The van der Waals surface area contributed by atoms with E-state index < -0.39 is 5.60 Å². The summed E-state index contributed by atoms with van der Waals surface area (Å²) in [6.07, 6.45) is 2.86. The molecule has 1 saturated carbocycles. The summed E-state index contributed by atoms with van der Waals surface area (Å²) >= 11 is 0. The maximum atomic E-state index is 10.3. The lowest BCUT2D eigenvalue weighted by atomic mass is 9.80. The molecule has 8 heteroatoms. The van der Waals surface area contributed by atoms with Crippen LogP contribution in [0.2, 0.25) is 0 Å². The van der Waals surface area contributed by atoms with Crippen LogP contribution in [0.3, 0.4) is 0 Å². The van der Waals surface area contributed by atoms with Gasteiger partial charge in [-0.15, -0.1) is 24.0 Å². The number of hydrogen-bond donors (Lipinski definition) is 2. The van der Waals surface area contributed by atoms with E-state index in [0.29, 0.717) is 13.3 Å². The van der Waals surface area contributed by atoms with E-state index in [4.69, 9.17) is 14.5 Å². The first kappa shape index (κ1) is 21.4. The van der Waals surface area contributed by atoms with E-state index in [-0.39, 0.29) is 24.0 Å². The number of benzene rings is 1. The first-order chi connectivity index (χ1) is 13.1. The molecule has 0 radical (unpaired) electrons. The Hall–Kier alpha value is -1.26. The van der Waals surface area contributed by atoms with Gasteiger partial charge < -0.3 is 24.8 Å². The smallest absolute Gasteiger partial charge is 0.231 e. The number of aliphatic hydroxyl groups is 1. The number of nitrogens with zero attached hydrogens (tertiary/aromatic N) is 3. The number of rotatable bonds is 5. The molecule has 3 aliphatic rings. The highest BCUT2D eigenvalue weighted by molar-refractivity contribution is 14.0. The fourth-order valence-corrected chi connectivity index (χ4v) is 3.81. The molecule has 0 bridgehead atoms. The van der Waals surface area contributed by atoms with Gasteiger partial charge in [0.25, 0.3) is 0 Å². The van der Waals surface area contributed by atoms with Crippen molar-refractivity contribution in [3.05, 3.63) is 23.8 Å². The van der Waals surface area contributed by atoms with Gasteiger partial charge >= 0.3 is 0 Å². The van der Waals surface area contributed by atoms with Crippen molar-refractivity contribution in [2.24, 2.45) is 4.99 Å². The monoisotopic (exact) mass is 502 g/mol. The van der Waals surface area contributed by atoms with Crippen LogP contribution in [0.5, 0.6) is 11.5 Å². The third-order valence-electron chi connectivity index (χ3n) is 5.66. The summed E-state index contributed by atoms with van der Waals surface area (Å²) in [6, 6.07) is 6.19. The number of ether oxygens (including phenoxy) is 2. The summed E-state index contributed by atoms with van der Waals surface area (Å²) in [5.41, 5.74) is 0.683. The molecule has 1 saturated heterocycles. The van der Waals surface area contributed by atoms with Gasteiger partial charge in [0.2, 0.25) is 6.79 Å². The van der Waals surface area contributed by atoms with Gasteiger partial charge in [0.15, 0.2) is 17.5 Å². The maximum absolute atomic E-state index is 10.3. The van der Waals surface area contributed by atoms with Gasteiger partial charge in [-0.2, -0.15) is 0 Å². The van der Waals surface area contributed by atoms with E-state index in [2.05, 4.69) is 34.2 Å². The normalized spacial score (nSPS) is 21.1. The molecule has 156 valence electrons. The van der Waals surface area contributed by atoms with Crippen LogP contribution in [0.25, 0.3) is 0 Å². The van der Waals surface area contributed by atoms with E-state index in [1.807, 2.05) is 6.07 Å². The van der Waals surface area contributed by atoms with E-state index in [1.165, 1.54) is 5.56 Å². The summed E-state index contributed by atoms with van der Waals surface area (Å²) < 4.78 is 10.9. The number of piperazine rings is 1. The van der Waals surface area contributed by atoms with Gasteiger partial charge in [-0.05, 0) is 43.9 Å². The highest BCUT2D eigenvalue weighted by atomic mass is 127. The highest BCUT2D eigenvalue weighted by Crippen LogP contribution is 2.33. The minimum absolute atomic E-state index is 0. The van der Waals surface area contributed by atoms with Crippen LogP contribution in [0.15, 0.2) is 23.2 Å². The molecule has 7 nitrogen and oxygen atoms in total. The second-order valence-corrected chi connectivity index (χ2v) is 7.70. The molecule has 0 unspecified atom stereocenters. The number of guanidine groups is 1. The molecule has 2 fully saturated rings. The van der Waals surface area contributed by atoms with Crippen molar-refractivity contribution in [3.63, 3.8) is 0 Å². The number of aliphatic imine (C=N–C) groups is 1. The van der Waals surface area contributed by atoms with E-state index in [0.717, 1.165) is 76.0 Å². The van der Waals surface area contributed by atoms with Crippen LogP contribution in [0, 0.1) is 0 Å². The molecule has 2 heterocycles. The lowest BCUT2D eigenvalue weighted by Crippen LogP contribution is -2.52. The Labute approximate surface area is 184 Å². The van der Waals surface area contributed by atoms with Crippen molar-refractivity contribution in [2.45, 2.75) is 38.3 Å². The summed E-state index contributed by atoms with van der Waals surface area (Å²) in [5, 5.41) is 13.7. The minimum atomic E-state index is -0.568. The van der Waals surface area contributed by atoms with Crippen molar-refractivity contribution in [1.82, 2.24) is 15.1 Å². The lowest BCUT2D eigenvalue weighted by molar-refractivity contribution is -0.0238. The Morgan fingerprint density at radius 1 is 1.18 bits per heavy atom. The van der Waals surface area contributed by atoms with Gasteiger partial charge in [-0.25, -0.2) is 0 Å². The van der Waals surface area contributed by atoms with E-state index in [1.54, 1.807) is 0 Å². The predicted molar refractivity (Wildman–Crippen MR) is 120 cm³/mol. The Balaban J connectivity index is 0.00000225. The number of halogens is 1. The third kappa shape index (κ3) is 5.01. The molecule has 2 aliphatic heterocycles. The quantitative estimate of drug-likeness (QED) is 0.365. The lowest BCUT2D eigenvalue weighted by Gasteiger charge is -2.38. The van der Waals surface area contributed by atoms with Gasteiger partial charge in [0, 0.05) is 39.3 Å². The molecule has 4 rings (SSSR count). The average molecular weight is 502 g/mol. The summed E-state index contributed by atoms with van der Waals surface area (Å²) in [7, 11) is 0. The van der Waals surface area contributed by atoms with E-state index >= 15 is 0 Å². The zero-order valence-electron chi connectivity index (χ0n) is 16.5. The first-order valence-corrected chi connectivity index (χ1v) is 10.0. The molecule has 1 aliphatic carbocycles. The van der Waals surface area contributed by atoms with Crippen LogP contribution in [-0.2, 0) is 6.54 Å². The molecule has 0 amide bonds. The summed E-state index contributed by atoms with van der Waals surface area (Å²) in [6.45, 7) is 8.53. The third-order valence-corrected chi connectivity index (χ3v) is 5.66. The van der Waals surface area contributed by atoms with Crippen LogP contribution in [0.4, 0.5) is 0 Å². The van der Waals surface area contributed by atoms with Gasteiger partial charge in [0.1, 0.15) is 0 Å². The number of hydrogen-bond acceptors (Lipinski definition) is 5. The van der Waals surface area contributed by atoms with Crippen LogP contribution in [-0.4, -0.2) is 72.5 Å². The van der Waals surface area contributed by atoms with Gasteiger partial charge in [-0.3, -0.25) is 9.89 Å². The summed E-state index contributed by atoms with van der Waals surface area (Å²) in [4.78, 5) is 9.47. The maximum Gasteiger partial charge on any atom is 0.231 e. The SMILES string of the molecule is CCNC(=NCC1(O)CCC1)N1CCN(Cc2ccc3c(c2)OCO3)CC1.I. The zero-order chi connectivity index (χ0) is 18.7. The Morgan fingerprint density at radius 3 is 2.61 bits per heavy atom. The molecule has 28 heavy (non-hydrogen) atoms. The Bertz CT molecular complexity index is 688. The molecule has 1 aromatic rings. The fourth-order valence-electron chi connectivity index (χ4n) is 3.81. The Kier molecular flexibility index (Phi) is 7.27. The topological polar surface area (TPSA) is 69.6 Å². The second kappa shape index (κ2) is 9.49. The Morgan fingerprint density at radius 2 is 1.93 bits per heavy atom. The summed E-state index contributed by atoms with van der Waals surface area (Å²) in [5.74, 6) is 2.62. The van der Waals surface area contributed by atoms with Crippen molar-refractivity contribution < 1.29 is 14.6 Å². The minimum Gasteiger partial charge on any atom is -0.454 e. The standard InChI is InChI=1S/C20H30N4O3.HI/c1-2-21-19(22-14-20(25)6-3-7-20)24-10-8-23(9-11-24)13-16-4-5-17-18(12-16)27-15-26-17;/h4-5,12,25H,2-3,6-11,13-15H2,1H3,(H,21,22);1H. The number of fused-ring (bicyclic) bond motifs is 1. The van der Waals surface area contributed by atoms with Crippen molar-refractivity contribution >= 4 is 29.9 Å². The molecular formula is C20H31IN4O3.